The predicted molar refractivity (Wildman–Crippen MR) is 129 cm³/mol. The summed E-state index contributed by atoms with van der Waals surface area (Å²) in [7, 11) is 0. The van der Waals surface area contributed by atoms with Crippen LogP contribution in [0.3, 0.4) is 0 Å². The fourth-order valence-electron chi connectivity index (χ4n) is 4.14. The predicted octanol–water partition coefficient (Wildman–Crippen LogP) is 5.61. The summed E-state index contributed by atoms with van der Waals surface area (Å²) < 4.78 is 24.7. The molecule has 176 valence electrons. The number of carbonyl (C=O) groups is 2. The number of nitrogens with zero attached hydrogens (tertiary/aromatic N) is 2. The highest BCUT2D eigenvalue weighted by Crippen LogP contribution is 2.38. The number of fused-ring (bicyclic) bond motifs is 2. The molecule has 2 aromatic carbocycles. The van der Waals surface area contributed by atoms with E-state index in [1.165, 1.54) is 6.07 Å². The normalized spacial score (nSPS) is 13.7. The minimum Gasteiger partial charge on any atom is -0.452 e. The molecule has 1 aliphatic carbocycles. The second-order valence-electron chi connectivity index (χ2n) is 8.08. The number of allylic oxidation sites excluding steroid dienone is 1. The number of rotatable bonds is 5. The van der Waals surface area contributed by atoms with Crippen molar-refractivity contribution >= 4 is 51.8 Å². The topological polar surface area (TPSA) is 94.3 Å². The van der Waals surface area contributed by atoms with E-state index in [2.05, 4.69) is 10.5 Å². The first-order valence-electron chi connectivity index (χ1n) is 10.9. The number of esters is 1. The third kappa shape index (κ3) is 4.52. The summed E-state index contributed by atoms with van der Waals surface area (Å²) >= 11 is 6.21. The molecular weight excluding hydrogens is 473 g/mol. The standard InChI is InChI=1S/C26H19ClFN3O4/c1-14-11-22(31-35-14)30-23(32)13-34-26(33)24-16-5-2-3-8-21(16)29-25-15(9-10-17(24)25)12-18-19(27)6-4-7-20(18)28/h2-8,11-12H,9-10,13H2,1H3,(H,30,31,32)/b15-12+. The fraction of sp³-hybridized carbons (Fsp3) is 0.154. The van der Waals surface area contributed by atoms with Crippen molar-refractivity contribution in [2.45, 2.75) is 19.8 Å². The Balaban J connectivity index is 1.48. The first kappa shape index (κ1) is 22.7. The molecule has 35 heavy (non-hydrogen) atoms. The van der Waals surface area contributed by atoms with E-state index >= 15 is 0 Å². The van der Waals surface area contributed by atoms with Crippen molar-refractivity contribution in [1.82, 2.24) is 10.1 Å². The van der Waals surface area contributed by atoms with Gasteiger partial charge < -0.3 is 14.6 Å². The van der Waals surface area contributed by atoms with Crippen LogP contribution in [0.2, 0.25) is 5.02 Å². The summed E-state index contributed by atoms with van der Waals surface area (Å²) in [5, 5.41) is 7.11. The molecular formula is C26H19ClFN3O4. The Kier molecular flexibility index (Phi) is 6.05. The van der Waals surface area contributed by atoms with Gasteiger partial charge in [0.1, 0.15) is 11.6 Å². The van der Waals surface area contributed by atoms with Gasteiger partial charge >= 0.3 is 5.97 Å². The van der Waals surface area contributed by atoms with Crippen molar-refractivity contribution in [3.8, 4) is 0 Å². The molecule has 4 aromatic rings. The number of aryl methyl sites for hydroxylation is 1. The number of ether oxygens (including phenoxy) is 1. The van der Waals surface area contributed by atoms with Gasteiger partial charge in [-0.1, -0.05) is 41.0 Å². The molecule has 7 nitrogen and oxygen atoms in total. The van der Waals surface area contributed by atoms with Crippen LogP contribution in [-0.4, -0.2) is 28.6 Å². The van der Waals surface area contributed by atoms with E-state index in [0.29, 0.717) is 51.3 Å². The zero-order chi connectivity index (χ0) is 24.5. The zero-order valence-corrected chi connectivity index (χ0v) is 19.4. The van der Waals surface area contributed by atoms with E-state index < -0.39 is 24.3 Å². The minimum absolute atomic E-state index is 0.236. The summed E-state index contributed by atoms with van der Waals surface area (Å²) in [5.41, 5.74) is 3.27. The van der Waals surface area contributed by atoms with Gasteiger partial charge in [-0.05, 0) is 55.2 Å². The molecule has 1 aliphatic rings. The Bertz CT molecular complexity index is 1490. The van der Waals surface area contributed by atoms with Crippen LogP contribution >= 0.6 is 11.6 Å². The van der Waals surface area contributed by atoms with Crippen molar-refractivity contribution in [1.29, 1.82) is 0 Å². The number of anilines is 1. The highest BCUT2D eigenvalue weighted by atomic mass is 35.5. The van der Waals surface area contributed by atoms with E-state index in [-0.39, 0.29) is 11.4 Å². The average Bonchev–Trinajstić information content (AvgIpc) is 3.43. The molecule has 0 atom stereocenters. The molecule has 0 bridgehead atoms. The lowest BCUT2D eigenvalue weighted by Gasteiger charge is -2.12. The van der Waals surface area contributed by atoms with Crippen molar-refractivity contribution in [3.63, 3.8) is 0 Å². The van der Waals surface area contributed by atoms with Gasteiger partial charge in [0.2, 0.25) is 0 Å². The van der Waals surface area contributed by atoms with Crippen LogP contribution in [0, 0.1) is 12.7 Å². The number of benzene rings is 2. The maximum atomic E-state index is 14.4. The van der Waals surface area contributed by atoms with Gasteiger partial charge in [0.15, 0.2) is 12.4 Å². The van der Waals surface area contributed by atoms with Crippen LogP contribution in [0.5, 0.6) is 0 Å². The lowest BCUT2D eigenvalue weighted by molar-refractivity contribution is -0.119. The molecule has 0 saturated carbocycles. The van der Waals surface area contributed by atoms with Crippen molar-refractivity contribution in [2.24, 2.45) is 0 Å². The number of hydrogen-bond acceptors (Lipinski definition) is 6. The number of nitrogens with one attached hydrogen (secondary N) is 1. The zero-order valence-electron chi connectivity index (χ0n) is 18.6. The van der Waals surface area contributed by atoms with Gasteiger partial charge in [-0.2, -0.15) is 0 Å². The molecule has 0 aliphatic heterocycles. The highest BCUT2D eigenvalue weighted by Gasteiger charge is 2.28. The van der Waals surface area contributed by atoms with Crippen molar-refractivity contribution in [2.75, 3.05) is 11.9 Å². The number of halogens is 2. The van der Waals surface area contributed by atoms with Crippen LogP contribution < -0.4 is 5.32 Å². The van der Waals surface area contributed by atoms with E-state index in [4.69, 9.17) is 25.8 Å². The van der Waals surface area contributed by atoms with Gasteiger partial charge in [0, 0.05) is 17.0 Å². The van der Waals surface area contributed by atoms with Crippen LogP contribution in [0.25, 0.3) is 22.6 Å². The Labute approximate surface area is 204 Å². The molecule has 2 aromatic heterocycles. The van der Waals surface area contributed by atoms with Crippen LogP contribution in [0.1, 0.15) is 39.4 Å². The fourth-order valence-corrected chi connectivity index (χ4v) is 4.36. The van der Waals surface area contributed by atoms with Crippen LogP contribution in [0.15, 0.2) is 53.1 Å². The molecule has 9 heteroatoms. The molecule has 0 fully saturated rings. The molecule has 2 heterocycles. The molecule has 1 N–H and O–H groups in total. The van der Waals surface area contributed by atoms with Gasteiger partial charge in [-0.25, -0.2) is 14.2 Å². The van der Waals surface area contributed by atoms with Gasteiger partial charge in [0.25, 0.3) is 5.91 Å². The highest BCUT2D eigenvalue weighted by molar-refractivity contribution is 6.32. The minimum atomic E-state index is -0.642. The summed E-state index contributed by atoms with van der Waals surface area (Å²) in [6, 6.07) is 13.3. The first-order chi connectivity index (χ1) is 16.9. The second kappa shape index (κ2) is 9.31. The summed E-state index contributed by atoms with van der Waals surface area (Å²) in [5.74, 6) is -0.850. The Hall–Kier alpha value is -4.04. The molecule has 0 radical (unpaired) electrons. The Morgan fingerprint density at radius 1 is 1.20 bits per heavy atom. The lowest BCUT2D eigenvalue weighted by atomic mass is 10.0. The molecule has 1 amide bonds. The molecule has 0 unspecified atom stereocenters. The van der Waals surface area contributed by atoms with Crippen LogP contribution in [0.4, 0.5) is 10.2 Å². The first-order valence-corrected chi connectivity index (χ1v) is 11.3. The Morgan fingerprint density at radius 2 is 2.03 bits per heavy atom. The van der Waals surface area contributed by atoms with Gasteiger partial charge in [-0.3, -0.25) is 4.79 Å². The van der Waals surface area contributed by atoms with Crippen molar-refractivity contribution in [3.05, 3.63) is 87.5 Å². The smallest absolute Gasteiger partial charge is 0.339 e. The third-order valence-corrected chi connectivity index (χ3v) is 6.02. The number of para-hydroxylation sites is 1. The van der Waals surface area contributed by atoms with E-state index in [1.807, 2.05) is 6.07 Å². The number of pyridine rings is 1. The number of hydrogen-bond donors (Lipinski definition) is 1. The monoisotopic (exact) mass is 491 g/mol. The molecule has 5 rings (SSSR count). The molecule has 0 saturated heterocycles. The molecule has 0 spiro atoms. The van der Waals surface area contributed by atoms with Gasteiger partial charge in [0.05, 0.1) is 21.8 Å². The van der Waals surface area contributed by atoms with E-state index in [9.17, 15) is 14.0 Å². The van der Waals surface area contributed by atoms with Crippen LogP contribution in [-0.2, 0) is 16.0 Å². The number of carbonyl (C=O) groups excluding carboxylic acids is 2. The quantitative estimate of drug-likeness (QED) is 0.365. The maximum Gasteiger partial charge on any atom is 0.339 e. The van der Waals surface area contributed by atoms with E-state index in [1.54, 1.807) is 49.4 Å². The lowest BCUT2D eigenvalue weighted by Crippen LogP contribution is -2.22. The largest absolute Gasteiger partial charge is 0.452 e. The third-order valence-electron chi connectivity index (χ3n) is 5.69. The summed E-state index contributed by atoms with van der Waals surface area (Å²) in [4.78, 5) is 30.2. The van der Waals surface area contributed by atoms with E-state index in [0.717, 1.165) is 5.57 Å². The number of amides is 1. The second-order valence-corrected chi connectivity index (χ2v) is 8.49. The Morgan fingerprint density at radius 3 is 2.80 bits per heavy atom. The average molecular weight is 492 g/mol. The summed E-state index contributed by atoms with van der Waals surface area (Å²) in [6.45, 7) is 1.20. The SMILES string of the molecule is Cc1cc(NC(=O)COC(=O)c2c3c(nc4ccccc24)/C(=C/c2c(F)cccc2Cl)CC3)no1. The maximum absolute atomic E-state index is 14.4. The number of aromatic nitrogens is 2. The summed E-state index contributed by atoms with van der Waals surface area (Å²) in [6.07, 6.45) is 2.74. The van der Waals surface area contributed by atoms with Crippen molar-refractivity contribution < 1.29 is 23.2 Å². The van der Waals surface area contributed by atoms with Gasteiger partial charge in [-0.15, -0.1) is 0 Å².